The predicted octanol–water partition coefficient (Wildman–Crippen LogP) is 4.22. The summed E-state index contributed by atoms with van der Waals surface area (Å²) in [6.45, 7) is 2.40. The van der Waals surface area contributed by atoms with Crippen LogP contribution in [0.15, 0.2) is 57.9 Å². The minimum absolute atomic E-state index is 0.206. The minimum atomic E-state index is -3.67. The Morgan fingerprint density at radius 1 is 1.19 bits per heavy atom. The average molecular weight is 404 g/mol. The van der Waals surface area contributed by atoms with Crippen LogP contribution in [0.1, 0.15) is 30.3 Å². The number of rotatable bonds is 4. The Kier molecular flexibility index (Phi) is 4.75. The third-order valence-corrected chi connectivity index (χ3v) is 6.80. The molecular weight excluding hydrogens is 386 g/mol. The Balaban J connectivity index is 1.65. The van der Waals surface area contributed by atoms with Gasteiger partial charge >= 0.3 is 0 Å². The van der Waals surface area contributed by atoms with Crippen LogP contribution < -0.4 is 0 Å². The van der Waals surface area contributed by atoms with Crippen LogP contribution in [0.5, 0.6) is 0 Å². The number of aromatic nitrogens is 2. The molecule has 0 N–H and O–H groups in total. The first-order valence-corrected chi connectivity index (χ1v) is 10.4. The summed E-state index contributed by atoms with van der Waals surface area (Å²) in [7, 11) is -3.67. The summed E-state index contributed by atoms with van der Waals surface area (Å²) >= 11 is 5.88. The van der Waals surface area contributed by atoms with Gasteiger partial charge in [0.05, 0.1) is 4.90 Å². The minimum Gasteiger partial charge on any atom is -0.337 e. The van der Waals surface area contributed by atoms with Gasteiger partial charge in [-0.05, 0) is 50.1 Å². The Morgan fingerprint density at radius 3 is 2.70 bits per heavy atom. The Labute approximate surface area is 162 Å². The highest BCUT2D eigenvalue weighted by Gasteiger charge is 2.39. The Morgan fingerprint density at radius 2 is 1.96 bits per heavy atom. The number of sulfonamides is 1. The molecule has 0 amide bonds. The quantitative estimate of drug-likeness (QED) is 0.651. The second-order valence-electron chi connectivity index (χ2n) is 6.55. The molecule has 1 aromatic heterocycles. The third kappa shape index (κ3) is 3.50. The van der Waals surface area contributed by atoms with Gasteiger partial charge in [-0.25, -0.2) is 8.42 Å². The van der Waals surface area contributed by atoms with Crippen LogP contribution in [0.2, 0.25) is 5.02 Å². The molecule has 2 heterocycles. The molecule has 27 heavy (non-hydrogen) atoms. The molecule has 2 aromatic carbocycles. The molecule has 0 unspecified atom stereocenters. The molecule has 0 saturated carbocycles. The zero-order valence-electron chi connectivity index (χ0n) is 14.7. The van der Waals surface area contributed by atoms with Crippen LogP contribution in [-0.4, -0.2) is 29.4 Å². The fraction of sp³-hybridized carbons (Fsp3) is 0.263. The molecule has 0 bridgehead atoms. The molecule has 1 fully saturated rings. The van der Waals surface area contributed by atoms with Gasteiger partial charge in [-0.3, -0.25) is 0 Å². The van der Waals surface area contributed by atoms with E-state index in [9.17, 15) is 8.42 Å². The lowest BCUT2D eigenvalue weighted by molar-refractivity contribution is 0.290. The van der Waals surface area contributed by atoms with Crippen LogP contribution in [0.4, 0.5) is 0 Å². The standard InChI is InChI=1S/C19H18ClN3O3S/c1-13-4-2-5-14(12-13)18-21-19(26-22-18)17-6-3-11-23(17)27(24,25)16-9-7-15(20)8-10-16/h2,4-5,7-10,12,17H,3,6,11H2,1H3/t17-/m0/s1. The van der Waals surface area contributed by atoms with Crippen molar-refractivity contribution in [3.8, 4) is 11.4 Å². The first-order valence-electron chi connectivity index (χ1n) is 8.63. The van der Waals surface area contributed by atoms with Crippen molar-refractivity contribution in [2.75, 3.05) is 6.54 Å². The molecule has 0 spiro atoms. The smallest absolute Gasteiger partial charge is 0.245 e. The maximum absolute atomic E-state index is 13.0. The van der Waals surface area contributed by atoms with E-state index in [0.717, 1.165) is 17.5 Å². The van der Waals surface area contributed by atoms with E-state index in [1.54, 1.807) is 12.1 Å². The number of benzene rings is 2. The van der Waals surface area contributed by atoms with Crippen LogP contribution in [0.3, 0.4) is 0 Å². The molecule has 0 aliphatic carbocycles. The molecule has 4 rings (SSSR count). The van der Waals surface area contributed by atoms with Crippen molar-refractivity contribution in [2.45, 2.75) is 30.7 Å². The number of halogens is 1. The van der Waals surface area contributed by atoms with Gasteiger partial charge in [0.25, 0.3) is 0 Å². The van der Waals surface area contributed by atoms with Gasteiger partial charge in [-0.1, -0.05) is 40.5 Å². The van der Waals surface area contributed by atoms with Gasteiger partial charge in [0.15, 0.2) is 0 Å². The van der Waals surface area contributed by atoms with Crippen molar-refractivity contribution < 1.29 is 12.9 Å². The fourth-order valence-electron chi connectivity index (χ4n) is 3.29. The maximum atomic E-state index is 13.0. The van der Waals surface area contributed by atoms with Crippen molar-refractivity contribution >= 4 is 21.6 Å². The van der Waals surface area contributed by atoms with Gasteiger partial charge in [0.2, 0.25) is 21.7 Å². The lowest BCUT2D eigenvalue weighted by Gasteiger charge is -2.21. The van der Waals surface area contributed by atoms with E-state index in [2.05, 4.69) is 10.1 Å². The van der Waals surface area contributed by atoms with E-state index >= 15 is 0 Å². The molecule has 1 saturated heterocycles. The van der Waals surface area contributed by atoms with E-state index in [1.807, 2.05) is 31.2 Å². The molecule has 1 atom stereocenters. The third-order valence-electron chi connectivity index (χ3n) is 4.63. The number of hydrogen-bond acceptors (Lipinski definition) is 5. The van der Waals surface area contributed by atoms with Crippen molar-refractivity contribution in [2.24, 2.45) is 0 Å². The normalized spacial score (nSPS) is 18.1. The topological polar surface area (TPSA) is 76.3 Å². The van der Waals surface area contributed by atoms with Gasteiger partial charge in [0.1, 0.15) is 6.04 Å². The van der Waals surface area contributed by atoms with Gasteiger partial charge in [-0.15, -0.1) is 0 Å². The molecule has 8 heteroatoms. The van der Waals surface area contributed by atoms with E-state index in [-0.39, 0.29) is 4.90 Å². The van der Waals surface area contributed by atoms with Gasteiger partial charge < -0.3 is 4.52 Å². The largest absolute Gasteiger partial charge is 0.337 e. The van der Waals surface area contributed by atoms with E-state index in [1.165, 1.54) is 16.4 Å². The van der Waals surface area contributed by atoms with Crippen molar-refractivity contribution in [3.05, 3.63) is 65.0 Å². The monoisotopic (exact) mass is 403 g/mol. The molecule has 0 radical (unpaired) electrons. The number of nitrogens with zero attached hydrogens (tertiary/aromatic N) is 3. The first-order chi connectivity index (χ1) is 12.9. The summed E-state index contributed by atoms with van der Waals surface area (Å²) in [6.07, 6.45) is 1.38. The number of hydrogen-bond donors (Lipinski definition) is 0. The maximum Gasteiger partial charge on any atom is 0.245 e. The number of aryl methyl sites for hydroxylation is 1. The molecule has 3 aromatic rings. The van der Waals surface area contributed by atoms with Gasteiger partial charge in [-0.2, -0.15) is 9.29 Å². The van der Waals surface area contributed by atoms with Crippen LogP contribution in [0, 0.1) is 6.92 Å². The molecule has 1 aliphatic rings. The summed E-state index contributed by atoms with van der Waals surface area (Å²) in [5.41, 5.74) is 1.93. The first kappa shape index (κ1) is 18.2. The van der Waals surface area contributed by atoms with E-state index in [0.29, 0.717) is 29.7 Å². The van der Waals surface area contributed by atoms with E-state index in [4.69, 9.17) is 16.1 Å². The van der Waals surface area contributed by atoms with Crippen molar-refractivity contribution in [1.82, 2.24) is 14.4 Å². The second kappa shape index (κ2) is 7.07. The lowest BCUT2D eigenvalue weighted by atomic mass is 10.1. The molecule has 140 valence electrons. The van der Waals surface area contributed by atoms with E-state index < -0.39 is 16.1 Å². The second-order valence-corrected chi connectivity index (χ2v) is 8.88. The highest BCUT2D eigenvalue weighted by molar-refractivity contribution is 7.89. The van der Waals surface area contributed by atoms with Crippen molar-refractivity contribution in [3.63, 3.8) is 0 Å². The van der Waals surface area contributed by atoms with Gasteiger partial charge in [0, 0.05) is 17.1 Å². The molecule has 6 nitrogen and oxygen atoms in total. The highest BCUT2D eigenvalue weighted by Crippen LogP contribution is 2.36. The fourth-order valence-corrected chi connectivity index (χ4v) is 5.07. The molecular formula is C19H18ClN3O3S. The summed E-state index contributed by atoms with van der Waals surface area (Å²) in [5.74, 6) is 0.783. The highest BCUT2D eigenvalue weighted by atomic mass is 35.5. The zero-order valence-corrected chi connectivity index (χ0v) is 16.2. The summed E-state index contributed by atoms with van der Waals surface area (Å²) in [5, 5.41) is 4.54. The Hall–Kier alpha value is -2.22. The van der Waals surface area contributed by atoms with Crippen LogP contribution in [-0.2, 0) is 10.0 Å². The summed E-state index contributed by atoms with van der Waals surface area (Å²) in [4.78, 5) is 4.68. The SMILES string of the molecule is Cc1cccc(-c2noc([C@@H]3CCCN3S(=O)(=O)c3ccc(Cl)cc3)n2)c1. The van der Waals surface area contributed by atoms with Crippen LogP contribution >= 0.6 is 11.6 Å². The Bertz CT molecular complexity index is 1060. The van der Waals surface area contributed by atoms with Crippen LogP contribution in [0.25, 0.3) is 11.4 Å². The zero-order chi connectivity index (χ0) is 19.0. The average Bonchev–Trinajstić information content (AvgIpc) is 3.32. The molecule has 1 aliphatic heterocycles. The summed E-state index contributed by atoms with van der Waals surface area (Å²) < 4.78 is 33.0. The van der Waals surface area contributed by atoms with Crippen molar-refractivity contribution in [1.29, 1.82) is 0 Å². The summed E-state index contributed by atoms with van der Waals surface area (Å²) in [6, 6.07) is 13.5. The lowest BCUT2D eigenvalue weighted by Crippen LogP contribution is -2.30. The predicted molar refractivity (Wildman–Crippen MR) is 102 cm³/mol.